The molecule has 0 radical (unpaired) electrons. The molecule has 1 aliphatic heterocycles. The maximum Gasteiger partial charge on any atom is 0.301 e. The van der Waals surface area contributed by atoms with E-state index in [9.17, 15) is 14.7 Å². The summed E-state index contributed by atoms with van der Waals surface area (Å²) in [5.74, 6) is -0.411. The number of hydrogen-bond donors (Lipinski definition) is 1. The molecule has 158 valence electrons. The lowest BCUT2D eigenvalue weighted by molar-refractivity contribution is -0.132. The molecule has 1 atom stereocenters. The molecule has 1 aliphatic rings. The summed E-state index contributed by atoms with van der Waals surface area (Å²) in [5.41, 5.74) is 0.904. The monoisotopic (exact) mass is 420 g/mol. The number of ether oxygens (including phenoxy) is 2. The molecule has 0 spiro atoms. The number of benzene rings is 2. The fraction of sp³-hybridized carbons (Fsp3) is 0.174. The summed E-state index contributed by atoms with van der Waals surface area (Å²) in [6.07, 6.45) is 0. The number of aryl methyl sites for hydroxylation is 1. The lowest BCUT2D eigenvalue weighted by atomic mass is 9.95. The third-order valence-electron chi connectivity index (χ3n) is 5.08. The maximum absolute atomic E-state index is 13.0. The summed E-state index contributed by atoms with van der Waals surface area (Å²) in [7, 11) is 2.97. The first-order valence-electron chi connectivity index (χ1n) is 9.48. The van der Waals surface area contributed by atoms with Gasteiger partial charge in [-0.05, 0) is 30.7 Å². The van der Waals surface area contributed by atoms with Gasteiger partial charge < -0.3 is 19.1 Å². The first-order valence-corrected chi connectivity index (χ1v) is 9.48. The first-order chi connectivity index (χ1) is 15.0. The van der Waals surface area contributed by atoms with Crippen LogP contribution in [0.2, 0.25) is 0 Å². The van der Waals surface area contributed by atoms with Crippen molar-refractivity contribution < 1.29 is 28.7 Å². The Hall–Kier alpha value is -4.07. The predicted octanol–water partition coefficient (Wildman–Crippen LogP) is 3.63. The number of ketones is 1. The highest BCUT2D eigenvalue weighted by Crippen LogP contribution is 2.42. The summed E-state index contributed by atoms with van der Waals surface area (Å²) in [5, 5.41) is 15.0. The van der Waals surface area contributed by atoms with E-state index in [1.807, 2.05) is 6.07 Å². The molecule has 8 nitrogen and oxygen atoms in total. The molecule has 0 unspecified atom stereocenters. The Balaban J connectivity index is 1.92. The van der Waals surface area contributed by atoms with E-state index in [1.54, 1.807) is 55.5 Å². The van der Waals surface area contributed by atoms with Crippen molar-refractivity contribution in [3.8, 4) is 11.5 Å². The zero-order valence-electron chi connectivity index (χ0n) is 17.2. The molecule has 2 aromatic carbocycles. The van der Waals surface area contributed by atoms with E-state index in [1.165, 1.54) is 19.1 Å². The highest BCUT2D eigenvalue weighted by atomic mass is 16.5. The van der Waals surface area contributed by atoms with Crippen molar-refractivity contribution in [2.75, 3.05) is 19.1 Å². The van der Waals surface area contributed by atoms with Gasteiger partial charge in [0.15, 0.2) is 17.3 Å². The average Bonchev–Trinajstić information content (AvgIpc) is 3.34. The van der Waals surface area contributed by atoms with Crippen LogP contribution in [0.5, 0.6) is 11.5 Å². The van der Waals surface area contributed by atoms with E-state index in [0.717, 1.165) is 0 Å². The Morgan fingerprint density at radius 1 is 1.03 bits per heavy atom. The molecule has 0 aliphatic carbocycles. The van der Waals surface area contributed by atoms with Gasteiger partial charge in [-0.2, -0.15) is 0 Å². The van der Waals surface area contributed by atoms with E-state index in [-0.39, 0.29) is 17.2 Å². The van der Waals surface area contributed by atoms with Crippen molar-refractivity contribution in [1.82, 2.24) is 5.16 Å². The standard InChI is InChI=1S/C23H20N2O6/c1-13-11-18(24-31-13)25-20(14-7-5-4-6-8-14)19(22(27)23(25)28)21(26)15-9-10-16(29-2)17(12-15)30-3/h4-12,20,26H,1-3H3/t20-/m0/s1. The van der Waals surface area contributed by atoms with Crippen molar-refractivity contribution in [2.24, 2.45) is 0 Å². The highest BCUT2D eigenvalue weighted by molar-refractivity contribution is 6.51. The summed E-state index contributed by atoms with van der Waals surface area (Å²) < 4.78 is 15.6. The number of Topliss-reactive ketones (excluding diaryl/α,β-unsaturated/α-hetero) is 1. The van der Waals surface area contributed by atoms with Gasteiger partial charge in [-0.25, -0.2) is 0 Å². The van der Waals surface area contributed by atoms with E-state index in [2.05, 4.69) is 5.16 Å². The van der Waals surface area contributed by atoms with E-state index in [4.69, 9.17) is 14.0 Å². The van der Waals surface area contributed by atoms with Crippen molar-refractivity contribution in [1.29, 1.82) is 0 Å². The van der Waals surface area contributed by atoms with Crippen LogP contribution in [-0.2, 0) is 9.59 Å². The van der Waals surface area contributed by atoms with Gasteiger partial charge in [0.05, 0.1) is 25.8 Å². The Morgan fingerprint density at radius 3 is 2.35 bits per heavy atom. The van der Waals surface area contributed by atoms with Crippen LogP contribution in [0, 0.1) is 6.92 Å². The molecule has 3 aromatic rings. The molecular formula is C23H20N2O6. The third kappa shape index (κ3) is 3.42. The van der Waals surface area contributed by atoms with Crippen LogP contribution in [0.15, 0.2) is 64.7 Å². The van der Waals surface area contributed by atoms with Gasteiger partial charge >= 0.3 is 5.91 Å². The van der Waals surface area contributed by atoms with Gasteiger partial charge in [-0.3, -0.25) is 14.5 Å². The van der Waals surface area contributed by atoms with Gasteiger partial charge in [-0.15, -0.1) is 0 Å². The number of carbonyl (C=O) groups excluding carboxylic acids is 2. The molecule has 4 rings (SSSR count). The van der Waals surface area contributed by atoms with Crippen LogP contribution in [0.3, 0.4) is 0 Å². The second kappa shape index (κ2) is 7.98. The van der Waals surface area contributed by atoms with Crippen LogP contribution >= 0.6 is 0 Å². The zero-order chi connectivity index (χ0) is 22.1. The zero-order valence-corrected chi connectivity index (χ0v) is 17.2. The van der Waals surface area contributed by atoms with Crippen LogP contribution in [-0.4, -0.2) is 36.2 Å². The molecule has 31 heavy (non-hydrogen) atoms. The fourth-order valence-corrected chi connectivity index (χ4v) is 3.63. The van der Waals surface area contributed by atoms with Crippen LogP contribution in [0.4, 0.5) is 5.82 Å². The molecule has 2 heterocycles. The summed E-state index contributed by atoms with van der Waals surface area (Å²) in [4.78, 5) is 27.3. The number of amides is 1. The minimum Gasteiger partial charge on any atom is -0.507 e. The van der Waals surface area contributed by atoms with Crippen LogP contribution in [0.1, 0.15) is 22.9 Å². The number of rotatable bonds is 5. The number of hydrogen-bond acceptors (Lipinski definition) is 7. The summed E-state index contributed by atoms with van der Waals surface area (Å²) in [6, 6.07) is 14.4. The number of nitrogens with zero attached hydrogens (tertiary/aromatic N) is 2. The molecule has 1 saturated heterocycles. The second-order valence-corrected chi connectivity index (χ2v) is 6.95. The first kappa shape index (κ1) is 20.2. The number of carbonyl (C=O) groups is 2. The summed E-state index contributed by atoms with van der Waals surface area (Å²) >= 11 is 0. The molecule has 8 heteroatoms. The highest BCUT2D eigenvalue weighted by Gasteiger charge is 2.48. The number of aromatic nitrogens is 1. The Bertz CT molecular complexity index is 1180. The lowest BCUT2D eigenvalue weighted by Crippen LogP contribution is -2.29. The van der Waals surface area contributed by atoms with Crippen LogP contribution in [0.25, 0.3) is 5.76 Å². The Labute approximate surface area is 178 Å². The topological polar surface area (TPSA) is 102 Å². The second-order valence-electron chi connectivity index (χ2n) is 6.95. The molecule has 1 fully saturated rings. The van der Waals surface area contributed by atoms with Gasteiger partial charge in [0.25, 0.3) is 5.78 Å². The van der Waals surface area contributed by atoms with Gasteiger partial charge in [0, 0.05) is 11.6 Å². The maximum atomic E-state index is 13.0. The molecule has 0 saturated carbocycles. The fourth-order valence-electron chi connectivity index (χ4n) is 3.63. The van der Waals surface area contributed by atoms with Gasteiger partial charge in [0.2, 0.25) is 0 Å². The molecular weight excluding hydrogens is 400 g/mol. The van der Waals surface area contributed by atoms with E-state index < -0.39 is 17.7 Å². The SMILES string of the molecule is COc1ccc(C(O)=C2C(=O)C(=O)N(c3cc(C)on3)[C@H]2c2ccccc2)cc1OC. The quantitative estimate of drug-likeness (QED) is 0.382. The van der Waals surface area contributed by atoms with Crippen LogP contribution < -0.4 is 14.4 Å². The summed E-state index contributed by atoms with van der Waals surface area (Å²) in [6.45, 7) is 1.69. The smallest absolute Gasteiger partial charge is 0.301 e. The lowest BCUT2D eigenvalue weighted by Gasteiger charge is -2.22. The van der Waals surface area contributed by atoms with Gasteiger partial charge in [0.1, 0.15) is 11.5 Å². The predicted molar refractivity (Wildman–Crippen MR) is 112 cm³/mol. The largest absolute Gasteiger partial charge is 0.507 e. The number of aliphatic hydroxyl groups is 1. The van der Waals surface area contributed by atoms with Crippen molar-refractivity contribution in [3.63, 3.8) is 0 Å². The molecule has 1 aromatic heterocycles. The minimum atomic E-state index is -0.876. The number of anilines is 1. The average molecular weight is 420 g/mol. The van der Waals surface area contributed by atoms with Gasteiger partial charge in [-0.1, -0.05) is 35.5 Å². The van der Waals surface area contributed by atoms with Crippen molar-refractivity contribution in [3.05, 3.63) is 77.1 Å². The minimum absolute atomic E-state index is 0.0518. The van der Waals surface area contributed by atoms with Crippen molar-refractivity contribution >= 4 is 23.3 Å². The molecule has 1 N–H and O–H groups in total. The normalized spacial score (nSPS) is 17.8. The molecule has 0 bridgehead atoms. The number of aliphatic hydroxyl groups excluding tert-OH is 1. The van der Waals surface area contributed by atoms with Crippen molar-refractivity contribution in [2.45, 2.75) is 13.0 Å². The number of methoxy groups -OCH3 is 2. The molecule has 1 amide bonds. The Kier molecular flexibility index (Phi) is 5.21. The Morgan fingerprint density at radius 2 is 1.74 bits per heavy atom. The third-order valence-corrected chi connectivity index (χ3v) is 5.08. The van der Waals surface area contributed by atoms with E-state index in [0.29, 0.717) is 28.4 Å². The van der Waals surface area contributed by atoms with E-state index >= 15 is 0 Å².